The minimum absolute atomic E-state index is 0.0757. The van der Waals surface area contributed by atoms with Gasteiger partial charge in [0.15, 0.2) is 0 Å². The molecule has 1 amide bonds. The molecule has 24 heavy (non-hydrogen) atoms. The van der Waals surface area contributed by atoms with Crippen LogP contribution in [-0.2, 0) is 17.6 Å². The topological polar surface area (TPSA) is 68.0 Å². The van der Waals surface area contributed by atoms with Gasteiger partial charge in [-0.2, -0.15) is 4.98 Å². The number of carbonyl (C=O) groups excluding carboxylic acids is 1. The fourth-order valence-corrected chi connectivity index (χ4v) is 2.33. The number of nitrogens with one attached hydrogen (secondary N) is 1. The van der Waals surface area contributed by atoms with Crippen molar-refractivity contribution in [3.8, 4) is 11.4 Å². The Morgan fingerprint density at radius 3 is 2.54 bits per heavy atom. The summed E-state index contributed by atoms with van der Waals surface area (Å²) in [5, 5.41) is 6.82. The molecule has 0 aliphatic rings. The molecular weight excluding hydrogens is 302 g/mol. The fraction of sp³-hybridized carbons (Fsp3) is 0.211. The Kier molecular flexibility index (Phi) is 5.01. The predicted molar refractivity (Wildman–Crippen MR) is 92.5 cm³/mol. The molecule has 1 N–H and O–H groups in total. The molecule has 0 spiro atoms. The molecule has 0 aliphatic carbocycles. The summed E-state index contributed by atoms with van der Waals surface area (Å²) in [6, 6.07) is 17.4. The molecule has 3 rings (SSSR count). The van der Waals surface area contributed by atoms with Gasteiger partial charge in [-0.05, 0) is 24.1 Å². The Hall–Kier alpha value is -2.95. The molecule has 2 aromatic carbocycles. The van der Waals surface area contributed by atoms with Gasteiger partial charge < -0.3 is 9.84 Å². The maximum atomic E-state index is 11.9. The standard InChI is InChI=1S/C19H19N3O2/c1-2-14-8-10-15(11-9-14)19-21-18(24-22-19)13-12-17(23)20-16-6-4-3-5-7-16/h3-11H,2,12-13H2,1H3,(H,20,23). The van der Waals surface area contributed by atoms with Gasteiger partial charge in [-0.25, -0.2) is 0 Å². The molecule has 0 bridgehead atoms. The highest BCUT2D eigenvalue weighted by Crippen LogP contribution is 2.17. The van der Waals surface area contributed by atoms with Crippen molar-refractivity contribution in [3.63, 3.8) is 0 Å². The van der Waals surface area contributed by atoms with Gasteiger partial charge in [-0.1, -0.05) is 54.5 Å². The Balaban J connectivity index is 1.56. The molecule has 0 atom stereocenters. The number of anilines is 1. The van der Waals surface area contributed by atoms with Crippen LogP contribution >= 0.6 is 0 Å². The first-order valence-electron chi connectivity index (χ1n) is 8.01. The summed E-state index contributed by atoms with van der Waals surface area (Å²) in [7, 11) is 0. The van der Waals surface area contributed by atoms with Crippen molar-refractivity contribution in [3.05, 3.63) is 66.1 Å². The average molecular weight is 321 g/mol. The van der Waals surface area contributed by atoms with Crippen molar-refractivity contribution in [1.82, 2.24) is 10.1 Å². The second-order valence-corrected chi connectivity index (χ2v) is 5.48. The summed E-state index contributed by atoms with van der Waals surface area (Å²) in [5.74, 6) is 0.942. The predicted octanol–water partition coefficient (Wildman–Crippen LogP) is 3.87. The average Bonchev–Trinajstić information content (AvgIpc) is 3.10. The van der Waals surface area contributed by atoms with Crippen molar-refractivity contribution >= 4 is 11.6 Å². The maximum absolute atomic E-state index is 11.9. The zero-order chi connectivity index (χ0) is 16.8. The number of aromatic nitrogens is 2. The van der Waals surface area contributed by atoms with E-state index in [0.29, 0.717) is 24.6 Å². The van der Waals surface area contributed by atoms with Gasteiger partial charge in [0.1, 0.15) is 0 Å². The van der Waals surface area contributed by atoms with Crippen LogP contribution in [0.15, 0.2) is 59.1 Å². The SMILES string of the molecule is CCc1ccc(-c2noc(CCC(=O)Nc3ccccc3)n2)cc1. The van der Waals surface area contributed by atoms with E-state index in [2.05, 4.69) is 34.5 Å². The number of benzene rings is 2. The van der Waals surface area contributed by atoms with Crippen LogP contribution in [0.1, 0.15) is 24.8 Å². The minimum Gasteiger partial charge on any atom is -0.339 e. The lowest BCUT2D eigenvalue weighted by Crippen LogP contribution is -2.12. The van der Waals surface area contributed by atoms with E-state index in [1.807, 2.05) is 42.5 Å². The van der Waals surface area contributed by atoms with Crippen LogP contribution in [0.4, 0.5) is 5.69 Å². The highest BCUT2D eigenvalue weighted by atomic mass is 16.5. The third-order valence-corrected chi connectivity index (χ3v) is 3.71. The fourth-order valence-electron chi connectivity index (χ4n) is 2.33. The number of rotatable bonds is 6. The van der Waals surface area contributed by atoms with Gasteiger partial charge in [0.2, 0.25) is 17.6 Å². The van der Waals surface area contributed by atoms with Crippen LogP contribution in [-0.4, -0.2) is 16.0 Å². The maximum Gasteiger partial charge on any atom is 0.227 e. The van der Waals surface area contributed by atoms with E-state index in [0.717, 1.165) is 17.7 Å². The van der Waals surface area contributed by atoms with Gasteiger partial charge >= 0.3 is 0 Å². The molecule has 0 unspecified atom stereocenters. The summed E-state index contributed by atoms with van der Waals surface area (Å²) in [4.78, 5) is 16.3. The number of para-hydroxylation sites is 1. The normalized spacial score (nSPS) is 10.5. The van der Waals surface area contributed by atoms with Crippen molar-refractivity contribution in [1.29, 1.82) is 0 Å². The lowest BCUT2D eigenvalue weighted by molar-refractivity contribution is -0.116. The highest BCUT2D eigenvalue weighted by Gasteiger charge is 2.11. The molecule has 1 aromatic heterocycles. The van der Waals surface area contributed by atoms with Crippen molar-refractivity contribution in [2.24, 2.45) is 0 Å². The van der Waals surface area contributed by atoms with Crippen LogP contribution in [0, 0.1) is 0 Å². The summed E-state index contributed by atoms with van der Waals surface area (Å²) < 4.78 is 5.24. The van der Waals surface area contributed by atoms with Crippen LogP contribution in [0.5, 0.6) is 0 Å². The van der Waals surface area contributed by atoms with E-state index < -0.39 is 0 Å². The molecule has 1 heterocycles. The lowest BCUT2D eigenvalue weighted by Gasteiger charge is -2.02. The van der Waals surface area contributed by atoms with Crippen LogP contribution in [0.2, 0.25) is 0 Å². The molecule has 0 fully saturated rings. The number of carbonyl (C=O) groups is 1. The molecule has 0 aliphatic heterocycles. The Morgan fingerprint density at radius 2 is 1.83 bits per heavy atom. The van der Waals surface area contributed by atoms with E-state index in [1.165, 1.54) is 5.56 Å². The third kappa shape index (κ3) is 4.07. The van der Waals surface area contributed by atoms with Crippen molar-refractivity contribution < 1.29 is 9.32 Å². The van der Waals surface area contributed by atoms with Crippen LogP contribution in [0.25, 0.3) is 11.4 Å². The first-order chi connectivity index (χ1) is 11.7. The van der Waals surface area contributed by atoms with Crippen LogP contribution < -0.4 is 5.32 Å². The van der Waals surface area contributed by atoms with Crippen molar-refractivity contribution in [2.45, 2.75) is 26.2 Å². The Bertz CT molecular complexity index is 795. The lowest BCUT2D eigenvalue weighted by atomic mass is 10.1. The first-order valence-corrected chi connectivity index (χ1v) is 8.01. The van der Waals surface area contributed by atoms with E-state index in [9.17, 15) is 4.79 Å². The summed E-state index contributed by atoms with van der Waals surface area (Å²) in [6.45, 7) is 2.11. The molecular formula is C19H19N3O2. The smallest absolute Gasteiger partial charge is 0.227 e. The number of nitrogens with zero attached hydrogens (tertiary/aromatic N) is 2. The molecule has 5 heteroatoms. The molecule has 3 aromatic rings. The van der Waals surface area contributed by atoms with Gasteiger partial charge in [-0.3, -0.25) is 4.79 Å². The van der Waals surface area contributed by atoms with Gasteiger partial charge in [0.05, 0.1) is 0 Å². The minimum atomic E-state index is -0.0757. The molecule has 0 radical (unpaired) electrons. The van der Waals surface area contributed by atoms with Crippen molar-refractivity contribution in [2.75, 3.05) is 5.32 Å². The molecule has 122 valence electrons. The summed E-state index contributed by atoms with van der Waals surface area (Å²) >= 11 is 0. The number of hydrogen-bond acceptors (Lipinski definition) is 4. The number of amides is 1. The summed E-state index contributed by atoms with van der Waals surface area (Å²) in [6.07, 6.45) is 1.71. The molecule has 0 saturated heterocycles. The van der Waals surface area contributed by atoms with E-state index >= 15 is 0 Å². The zero-order valence-corrected chi connectivity index (χ0v) is 13.5. The van der Waals surface area contributed by atoms with Gasteiger partial charge in [0.25, 0.3) is 0 Å². The van der Waals surface area contributed by atoms with E-state index in [4.69, 9.17) is 4.52 Å². The van der Waals surface area contributed by atoms with Gasteiger partial charge in [0, 0.05) is 24.1 Å². The number of aryl methyl sites for hydroxylation is 2. The summed E-state index contributed by atoms with van der Waals surface area (Å²) in [5.41, 5.74) is 2.96. The monoisotopic (exact) mass is 321 g/mol. The first kappa shape index (κ1) is 15.9. The van der Waals surface area contributed by atoms with Crippen LogP contribution in [0.3, 0.4) is 0 Å². The number of hydrogen-bond donors (Lipinski definition) is 1. The highest BCUT2D eigenvalue weighted by molar-refractivity contribution is 5.90. The second-order valence-electron chi connectivity index (χ2n) is 5.48. The molecule has 0 saturated carbocycles. The largest absolute Gasteiger partial charge is 0.339 e. The quantitative estimate of drug-likeness (QED) is 0.748. The zero-order valence-electron chi connectivity index (χ0n) is 13.5. The molecule has 5 nitrogen and oxygen atoms in total. The third-order valence-electron chi connectivity index (χ3n) is 3.71. The van der Waals surface area contributed by atoms with E-state index in [1.54, 1.807) is 0 Å². The second kappa shape index (κ2) is 7.55. The van der Waals surface area contributed by atoms with Gasteiger partial charge in [-0.15, -0.1) is 0 Å². The Labute approximate surface area is 140 Å². The van der Waals surface area contributed by atoms with E-state index in [-0.39, 0.29) is 5.91 Å². The Morgan fingerprint density at radius 1 is 1.08 bits per heavy atom.